The second-order valence-electron chi connectivity index (χ2n) is 6.02. The van der Waals surface area contributed by atoms with E-state index in [9.17, 15) is 9.59 Å². The van der Waals surface area contributed by atoms with E-state index in [-0.39, 0.29) is 24.9 Å². The van der Waals surface area contributed by atoms with E-state index < -0.39 is 0 Å². The van der Waals surface area contributed by atoms with E-state index >= 15 is 0 Å². The molecule has 128 valence electrons. The van der Waals surface area contributed by atoms with Gasteiger partial charge in [-0.1, -0.05) is 6.07 Å². The lowest BCUT2D eigenvalue weighted by Gasteiger charge is -2.16. The molecule has 0 unspecified atom stereocenters. The molecule has 0 saturated heterocycles. The van der Waals surface area contributed by atoms with Gasteiger partial charge in [0.05, 0.1) is 25.8 Å². The minimum absolute atomic E-state index is 0.0319. The minimum Gasteiger partial charge on any atom is -0.352 e. The van der Waals surface area contributed by atoms with Gasteiger partial charge in [-0.3, -0.25) is 14.5 Å². The number of thiophene rings is 1. The van der Waals surface area contributed by atoms with E-state index in [0.29, 0.717) is 18.4 Å². The molecule has 2 N–H and O–H groups in total. The van der Waals surface area contributed by atoms with Gasteiger partial charge in [0.1, 0.15) is 5.82 Å². The van der Waals surface area contributed by atoms with E-state index in [0.717, 1.165) is 12.8 Å². The molecule has 0 aliphatic heterocycles. The number of nitrogens with zero attached hydrogens (tertiary/aromatic N) is 3. The molecule has 1 saturated carbocycles. The van der Waals surface area contributed by atoms with Crippen LogP contribution in [0.4, 0.5) is 5.82 Å². The van der Waals surface area contributed by atoms with Gasteiger partial charge in [0.25, 0.3) is 0 Å². The fourth-order valence-corrected chi connectivity index (χ4v) is 3.03. The van der Waals surface area contributed by atoms with Crippen LogP contribution in [-0.4, -0.2) is 52.7 Å². The summed E-state index contributed by atoms with van der Waals surface area (Å²) in [4.78, 5) is 26.8. The SMILES string of the molecule is CN(CC(=O)Nc1ccnn1Cc1cccs1)CC(=O)NC1CC1. The van der Waals surface area contributed by atoms with Crippen molar-refractivity contribution in [2.45, 2.75) is 25.4 Å². The second kappa shape index (κ2) is 7.59. The van der Waals surface area contributed by atoms with E-state index in [1.54, 1.807) is 40.2 Å². The van der Waals surface area contributed by atoms with Gasteiger partial charge < -0.3 is 10.6 Å². The number of likely N-dealkylation sites (N-methyl/N-ethyl adjacent to an activating group) is 1. The summed E-state index contributed by atoms with van der Waals surface area (Å²) in [6.07, 6.45) is 3.78. The first kappa shape index (κ1) is 16.7. The van der Waals surface area contributed by atoms with Crippen LogP contribution in [0, 0.1) is 0 Å². The summed E-state index contributed by atoms with van der Waals surface area (Å²) in [5.41, 5.74) is 0. The van der Waals surface area contributed by atoms with Crippen LogP contribution in [0.15, 0.2) is 29.8 Å². The molecule has 2 amide bonds. The summed E-state index contributed by atoms with van der Waals surface area (Å²) in [6, 6.07) is 6.13. The van der Waals surface area contributed by atoms with Gasteiger partial charge in [-0.05, 0) is 31.3 Å². The van der Waals surface area contributed by atoms with Crippen molar-refractivity contribution in [3.05, 3.63) is 34.7 Å². The lowest BCUT2D eigenvalue weighted by molar-refractivity contribution is -0.123. The molecule has 1 fully saturated rings. The van der Waals surface area contributed by atoms with E-state index in [1.165, 1.54) is 4.88 Å². The molecule has 1 aliphatic carbocycles. The number of amides is 2. The van der Waals surface area contributed by atoms with E-state index in [2.05, 4.69) is 15.7 Å². The van der Waals surface area contributed by atoms with Crippen LogP contribution in [0.2, 0.25) is 0 Å². The summed E-state index contributed by atoms with van der Waals surface area (Å²) < 4.78 is 1.75. The van der Waals surface area contributed by atoms with Crippen molar-refractivity contribution in [3.8, 4) is 0 Å². The highest BCUT2D eigenvalue weighted by molar-refractivity contribution is 7.09. The van der Waals surface area contributed by atoms with Gasteiger partial charge in [0, 0.05) is 17.0 Å². The number of hydrogen-bond donors (Lipinski definition) is 2. The predicted octanol–water partition coefficient (Wildman–Crippen LogP) is 1.14. The van der Waals surface area contributed by atoms with Crippen molar-refractivity contribution < 1.29 is 9.59 Å². The first-order chi connectivity index (χ1) is 11.6. The van der Waals surface area contributed by atoms with Crippen molar-refractivity contribution in [2.24, 2.45) is 0 Å². The standard InChI is InChI=1S/C16H21N5O2S/c1-20(10-15(22)18-12-4-5-12)11-16(23)19-14-6-7-17-21(14)9-13-3-2-8-24-13/h2-3,6-8,12H,4-5,9-11H2,1H3,(H,18,22)(H,19,23). The Balaban J connectivity index is 1.47. The van der Waals surface area contributed by atoms with Crippen molar-refractivity contribution >= 4 is 29.0 Å². The molecule has 0 aromatic carbocycles. The highest BCUT2D eigenvalue weighted by atomic mass is 32.1. The van der Waals surface area contributed by atoms with Gasteiger partial charge in [-0.15, -0.1) is 11.3 Å². The van der Waals surface area contributed by atoms with Gasteiger partial charge >= 0.3 is 0 Å². The van der Waals surface area contributed by atoms with Crippen LogP contribution in [-0.2, 0) is 16.1 Å². The second-order valence-corrected chi connectivity index (χ2v) is 7.05. The Labute approximate surface area is 144 Å². The van der Waals surface area contributed by atoms with Crippen LogP contribution in [0.1, 0.15) is 17.7 Å². The predicted molar refractivity (Wildman–Crippen MR) is 92.9 cm³/mol. The first-order valence-corrected chi connectivity index (χ1v) is 8.80. The smallest absolute Gasteiger partial charge is 0.239 e. The highest BCUT2D eigenvalue weighted by Gasteiger charge is 2.23. The molecule has 2 heterocycles. The normalized spacial score (nSPS) is 13.9. The Hall–Kier alpha value is -2.19. The fourth-order valence-electron chi connectivity index (χ4n) is 2.34. The molecule has 3 rings (SSSR count). The molecule has 2 aromatic heterocycles. The van der Waals surface area contributed by atoms with Crippen LogP contribution < -0.4 is 10.6 Å². The molecule has 0 spiro atoms. The van der Waals surface area contributed by atoms with Crippen LogP contribution in [0.5, 0.6) is 0 Å². The lowest BCUT2D eigenvalue weighted by atomic mass is 10.4. The highest BCUT2D eigenvalue weighted by Crippen LogP contribution is 2.18. The van der Waals surface area contributed by atoms with Crippen LogP contribution >= 0.6 is 11.3 Å². The zero-order chi connectivity index (χ0) is 16.9. The molecule has 8 heteroatoms. The zero-order valence-electron chi connectivity index (χ0n) is 13.6. The third-order valence-electron chi connectivity index (χ3n) is 3.64. The van der Waals surface area contributed by atoms with Gasteiger partial charge in [-0.25, -0.2) is 4.68 Å². The van der Waals surface area contributed by atoms with Crippen molar-refractivity contribution in [3.63, 3.8) is 0 Å². The number of nitrogens with one attached hydrogen (secondary N) is 2. The number of carbonyl (C=O) groups is 2. The average Bonchev–Trinajstić information content (AvgIpc) is 2.99. The van der Waals surface area contributed by atoms with Gasteiger partial charge in [-0.2, -0.15) is 5.10 Å². The quantitative estimate of drug-likeness (QED) is 0.751. The molecule has 0 bridgehead atoms. The maximum atomic E-state index is 12.2. The van der Waals surface area contributed by atoms with Gasteiger partial charge in [0.15, 0.2) is 0 Å². The molecule has 7 nitrogen and oxygen atoms in total. The zero-order valence-corrected chi connectivity index (χ0v) is 14.4. The fraction of sp³-hybridized carbons (Fsp3) is 0.438. The van der Waals surface area contributed by atoms with Crippen LogP contribution in [0.25, 0.3) is 0 Å². The Morgan fingerprint density at radius 2 is 2.12 bits per heavy atom. The van der Waals surface area contributed by atoms with Crippen LogP contribution in [0.3, 0.4) is 0 Å². The molecule has 0 atom stereocenters. The summed E-state index contributed by atoms with van der Waals surface area (Å²) in [5.74, 6) is 0.462. The Bertz CT molecular complexity index is 693. The molecule has 0 radical (unpaired) electrons. The summed E-state index contributed by atoms with van der Waals surface area (Å²) in [5, 5.41) is 12.0. The number of aromatic nitrogens is 2. The van der Waals surface area contributed by atoms with Crippen molar-refractivity contribution in [2.75, 3.05) is 25.5 Å². The number of rotatable bonds is 8. The largest absolute Gasteiger partial charge is 0.352 e. The Kier molecular flexibility index (Phi) is 5.27. The summed E-state index contributed by atoms with van der Waals surface area (Å²) >= 11 is 1.65. The number of hydrogen-bond acceptors (Lipinski definition) is 5. The summed E-state index contributed by atoms with van der Waals surface area (Å²) in [7, 11) is 1.76. The lowest BCUT2D eigenvalue weighted by Crippen LogP contribution is -2.39. The Morgan fingerprint density at radius 1 is 1.33 bits per heavy atom. The number of anilines is 1. The van der Waals surface area contributed by atoms with Crippen molar-refractivity contribution in [1.29, 1.82) is 0 Å². The third kappa shape index (κ3) is 4.90. The topological polar surface area (TPSA) is 79.3 Å². The maximum absolute atomic E-state index is 12.2. The maximum Gasteiger partial charge on any atom is 0.239 e. The average molecular weight is 347 g/mol. The molecule has 1 aliphatic rings. The monoisotopic (exact) mass is 347 g/mol. The molecule has 2 aromatic rings. The molecule has 24 heavy (non-hydrogen) atoms. The Morgan fingerprint density at radius 3 is 2.83 bits per heavy atom. The van der Waals surface area contributed by atoms with E-state index in [4.69, 9.17) is 0 Å². The molecular weight excluding hydrogens is 326 g/mol. The first-order valence-electron chi connectivity index (χ1n) is 7.92. The van der Waals surface area contributed by atoms with E-state index in [1.807, 2.05) is 17.5 Å². The minimum atomic E-state index is -0.162. The third-order valence-corrected chi connectivity index (χ3v) is 4.50. The van der Waals surface area contributed by atoms with Gasteiger partial charge in [0.2, 0.25) is 11.8 Å². The number of carbonyl (C=O) groups excluding carboxylic acids is 2. The van der Waals surface area contributed by atoms with Crippen molar-refractivity contribution in [1.82, 2.24) is 20.0 Å². The summed E-state index contributed by atoms with van der Waals surface area (Å²) in [6.45, 7) is 1.00. The molecular formula is C16H21N5O2S.